The molecule has 6 heteroatoms. The van der Waals surface area contributed by atoms with Gasteiger partial charge in [0.05, 0.1) is 31.6 Å². The summed E-state index contributed by atoms with van der Waals surface area (Å²) < 4.78 is 10.5. The molecule has 1 aliphatic heterocycles. The molecular weight excluding hydrogens is 356 g/mol. The van der Waals surface area contributed by atoms with E-state index in [4.69, 9.17) is 9.47 Å². The summed E-state index contributed by atoms with van der Waals surface area (Å²) in [5, 5.41) is 5.04. The van der Waals surface area contributed by atoms with Gasteiger partial charge < -0.3 is 9.47 Å². The Labute approximate surface area is 164 Å². The second kappa shape index (κ2) is 7.62. The lowest BCUT2D eigenvalue weighted by molar-refractivity contribution is -0.144. The largest absolute Gasteiger partial charge is 0.497 e. The fourth-order valence-electron chi connectivity index (χ4n) is 4.76. The zero-order valence-electron chi connectivity index (χ0n) is 16.1. The van der Waals surface area contributed by atoms with Crippen LogP contribution >= 0.6 is 0 Å². The molecule has 0 N–H and O–H groups in total. The lowest BCUT2D eigenvalue weighted by atomic mass is 9.67. The molecule has 0 spiro atoms. The molecule has 2 fully saturated rings. The number of hydrogen-bond acceptors (Lipinski definition) is 5. The molecule has 2 aliphatic rings. The highest BCUT2D eigenvalue weighted by molar-refractivity contribution is 5.87. The quantitative estimate of drug-likeness (QED) is 0.716. The van der Waals surface area contributed by atoms with Crippen LogP contribution in [0, 0.1) is 16.7 Å². The number of nitroso groups, excluding NO2 is 1. The maximum atomic E-state index is 13.3. The minimum absolute atomic E-state index is 0.209. The minimum atomic E-state index is -0.362. The van der Waals surface area contributed by atoms with Gasteiger partial charge in [0.25, 0.3) is 0 Å². The summed E-state index contributed by atoms with van der Waals surface area (Å²) in [6, 6.07) is 14.4. The van der Waals surface area contributed by atoms with Gasteiger partial charge in [0.15, 0.2) is 0 Å². The lowest BCUT2D eigenvalue weighted by Crippen LogP contribution is -2.50. The van der Waals surface area contributed by atoms with Crippen molar-refractivity contribution in [3.8, 4) is 11.5 Å². The van der Waals surface area contributed by atoms with E-state index in [-0.39, 0.29) is 29.7 Å². The number of piperidine rings is 1. The predicted molar refractivity (Wildman–Crippen MR) is 105 cm³/mol. The molecule has 1 saturated heterocycles. The first-order valence-corrected chi connectivity index (χ1v) is 9.61. The number of rotatable bonds is 5. The standard InChI is InChI=1S/C22H24N2O4/c1-27-16-10-6-14(7-11-16)20-18-4-3-5-19(22(18)25)21(24(20)23-26)15-8-12-17(28-2)13-9-15/h6-13,18-21H,3-5H2,1-2H3/t18-,19-,20+,21+/m1/s1. The Morgan fingerprint density at radius 2 is 1.25 bits per heavy atom. The Morgan fingerprint density at radius 1 is 0.821 bits per heavy atom. The summed E-state index contributed by atoms with van der Waals surface area (Å²) in [6.07, 6.45) is 2.55. The fraction of sp³-hybridized carbons (Fsp3) is 0.409. The van der Waals surface area contributed by atoms with Gasteiger partial charge in [0, 0.05) is 11.8 Å². The molecule has 2 bridgehead atoms. The van der Waals surface area contributed by atoms with Crippen LogP contribution < -0.4 is 9.47 Å². The monoisotopic (exact) mass is 380 g/mol. The van der Waals surface area contributed by atoms with Crippen molar-refractivity contribution < 1.29 is 14.3 Å². The van der Waals surface area contributed by atoms with Crippen molar-refractivity contribution in [3.05, 3.63) is 64.6 Å². The highest BCUT2D eigenvalue weighted by Crippen LogP contribution is 2.52. The molecule has 0 unspecified atom stereocenters. The summed E-state index contributed by atoms with van der Waals surface area (Å²) in [7, 11) is 3.23. The van der Waals surface area contributed by atoms with Crippen molar-refractivity contribution in [1.82, 2.24) is 5.01 Å². The summed E-state index contributed by atoms with van der Waals surface area (Å²) in [5.41, 5.74) is 1.83. The van der Waals surface area contributed by atoms with Gasteiger partial charge >= 0.3 is 0 Å². The highest BCUT2D eigenvalue weighted by atomic mass is 16.5. The number of nitrogens with zero attached hydrogens (tertiary/aromatic N) is 2. The maximum Gasteiger partial charge on any atom is 0.143 e. The van der Waals surface area contributed by atoms with Crippen LogP contribution in [-0.2, 0) is 4.79 Å². The average molecular weight is 380 g/mol. The summed E-state index contributed by atoms with van der Waals surface area (Å²) >= 11 is 0. The predicted octanol–water partition coefficient (Wildman–Crippen LogP) is 4.47. The van der Waals surface area contributed by atoms with Gasteiger partial charge in [0.2, 0.25) is 0 Å². The van der Waals surface area contributed by atoms with Crippen molar-refractivity contribution in [2.24, 2.45) is 17.1 Å². The zero-order chi connectivity index (χ0) is 19.7. The molecule has 28 heavy (non-hydrogen) atoms. The number of Topliss-reactive ketones (excluding diaryl/α,β-unsaturated/α-hetero) is 1. The van der Waals surface area contributed by atoms with Crippen LogP contribution in [-0.4, -0.2) is 25.0 Å². The first kappa shape index (κ1) is 18.5. The normalized spacial score (nSPS) is 26.6. The smallest absolute Gasteiger partial charge is 0.143 e. The number of ketones is 1. The summed E-state index contributed by atoms with van der Waals surface area (Å²) in [6.45, 7) is 0. The lowest BCUT2D eigenvalue weighted by Gasteiger charge is -2.49. The second-order valence-corrected chi connectivity index (χ2v) is 7.44. The second-order valence-electron chi connectivity index (χ2n) is 7.44. The van der Waals surface area contributed by atoms with E-state index in [2.05, 4.69) is 5.29 Å². The van der Waals surface area contributed by atoms with Crippen LogP contribution in [0.3, 0.4) is 0 Å². The van der Waals surface area contributed by atoms with Crippen LogP contribution in [0.15, 0.2) is 53.8 Å². The Hall–Kier alpha value is -2.89. The van der Waals surface area contributed by atoms with E-state index in [1.165, 1.54) is 0 Å². The van der Waals surface area contributed by atoms with E-state index in [0.717, 1.165) is 41.9 Å². The molecule has 0 amide bonds. The van der Waals surface area contributed by atoms with Crippen molar-refractivity contribution in [3.63, 3.8) is 0 Å². The number of fused-ring (bicyclic) bond motifs is 2. The molecule has 1 aliphatic carbocycles. The third-order valence-electron chi connectivity index (χ3n) is 6.10. The number of ether oxygens (including phenoxy) is 2. The van der Waals surface area contributed by atoms with Gasteiger partial charge in [-0.15, -0.1) is 4.91 Å². The average Bonchev–Trinajstić information content (AvgIpc) is 2.74. The van der Waals surface area contributed by atoms with Crippen molar-refractivity contribution in [2.45, 2.75) is 31.3 Å². The SMILES string of the molecule is COc1ccc([C@H]2[C@H]3CCC[C@@H](C3=O)[C@H](c3ccc(OC)cc3)N2N=O)cc1. The third kappa shape index (κ3) is 3.03. The Morgan fingerprint density at radius 3 is 1.61 bits per heavy atom. The number of carbonyl (C=O) groups excluding carboxylic acids is 1. The van der Waals surface area contributed by atoms with Crippen LogP contribution in [0.4, 0.5) is 0 Å². The summed E-state index contributed by atoms with van der Waals surface area (Å²) in [4.78, 5) is 25.3. The van der Waals surface area contributed by atoms with E-state index in [0.29, 0.717) is 0 Å². The topological polar surface area (TPSA) is 68.2 Å². The van der Waals surface area contributed by atoms with Gasteiger partial charge in [-0.1, -0.05) is 30.7 Å². The van der Waals surface area contributed by atoms with Gasteiger partial charge in [-0.25, -0.2) is 5.01 Å². The van der Waals surface area contributed by atoms with E-state index in [1.807, 2.05) is 48.5 Å². The van der Waals surface area contributed by atoms with E-state index in [1.54, 1.807) is 19.2 Å². The van der Waals surface area contributed by atoms with Crippen LogP contribution in [0.2, 0.25) is 0 Å². The molecule has 0 radical (unpaired) electrons. The van der Waals surface area contributed by atoms with Crippen LogP contribution in [0.1, 0.15) is 42.5 Å². The van der Waals surface area contributed by atoms with Gasteiger partial charge in [0.1, 0.15) is 17.3 Å². The third-order valence-corrected chi connectivity index (χ3v) is 6.10. The number of benzene rings is 2. The first-order valence-electron chi connectivity index (χ1n) is 9.61. The minimum Gasteiger partial charge on any atom is -0.497 e. The Bertz CT molecular complexity index is 784. The molecule has 4 atom stereocenters. The molecule has 4 rings (SSSR count). The first-order chi connectivity index (χ1) is 13.7. The zero-order valence-corrected chi connectivity index (χ0v) is 16.1. The van der Waals surface area contributed by atoms with Crippen molar-refractivity contribution in [2.75, 3.05) is 14.2 Å². The number of hydrogen-bond donors (Lipinski definition) is 0. The van der Waals surface area contributed by atoms with Gasteiger partial charge in [-0.2, -0.15) is 0 Å². The molecule has 2 aromatic rings. The molecule has 2 aromatic carbocycles. The highest BCUT2D eigenvalue weighted by Gasteiger charge is 2.51. The van der Waals surface area contributed by atoms with Crippen molar-refractivity contribution in [1.29, 1.82) is 0 Å². The Kier molecular flexibility index (Phi) is 5.03. The van der Waals surface area contributed by atoms with E-state index >= 15 is 0 Å². The maximum absolute atomic E-state index is 13.3. The van der Waals surface area contributed by atoms with Crippen LogP contribution in [0.25, 0.3) is 0 Å². The van der Waals surface area contributed by atoms with E-state index < -0.39 is 0 Å². The summed E-state index contributed by atoms with van der Waals surface area (Å²) in [5.74, 6) is 1.31. The molecule has 1 heterocycles. The number of methoxy groups -OCH3 is 2. The molecule has 146 valence electrons. The molecule has 1 saturated carbocycles. The Balaban J connectivity index is 1.78. The van der Waals surface area contributed by atoms with Gasteiger partial charge in [-0.05, 0) is 48.2 Å². The fourth-order valence-corrected chi connectivity index (χ4v) is 4.76. The number of carbonyl (C=O) groups is 1. The molecular formula is C22H24N2O4. The molecule has 0 aromatic heterocycles. The van der Waals surface area contributed by atoms with Crippen molar-refractivity contribution >= 4 is 5.78 Å². The van der Waals surface area contributed by atoms with Crippen LogP contribution in [0.5, 0.6) is 11.5 Å². The van der Waals surface area contributed by atoms with Gasteiger partial charge in [-0.3, -0.25) is 4.79 Å². The molecule has 6 nitrogen and oxygen atoms in total. The van der Waals surface area contributed by atoms with E-state index in [9.17, 15) is 9.70 Å².